The third-order valence-corrected chi connectivity index (χ3v) is 4.46. The Labute approximate surface area is 163 Å². The van der Waals surface area contributed by atoms with E-state index in [1.54, 1.807) is 23.1 Å². The lowest BCUT2D eigenvalue weighted by Gasteiger charge is -2.30. The highest BCUT2D eigenvalue weighted by molar-refractivity contribution is 5.98. The van der Waals surface area contributed by atoms with Crippen molar-refractivity contribution in [3.8, 4) is 0 Å². The first-order valence-electron chi connectivity index (χ1n) is 9.46. The summed E-state index contributed by atoms with van der Waals surface area (Å²) in [6.07, 6.45) is 2.16. The summed E-state index contributed by atoms with van der Waals surface area (Å²) in [6.45, 7) is 8.58. The van der Waals surface area contributed by atoms with E-state index in [1.165, 1.54) is 0 Å². The molecule has 0 aliphatic carbocycles. The van der Waals surface area contributed by atoms with Crippen LogP contribution in [0.4, 0.5) is 9.18 Å². The smallest absolute Gasteiger partial charge is 0.410 e. The molecule has 0 saturated carbocycles. The lowest BCUT2D eigenvalue weighted by molar-refractivity contribution is 0.0273. The largest absolute Gasteiger partial charge is 0.444 e. The third-order valence-electron chi connectivity index (χ3n) is 4.46. The number of rotatable bonds is 3. The molecule has 2 amide bonds. The SMILES string of the molecule is CCNC(=O)c1cc2ccc(C3=CCCN(C(=O)OC(C)(C)C)C3)c(F)c2[nH]1. The summed E-state index contributed by atoms with van der Waals surface area (Å²) >= 11 is 0. The van der Waals surface area contributed by atoms with Crippen molar-refractivity contribution in [1.82, 2.24) is 15.2 Å². The highest BCUT2D eigenvalue weighted by Crippen LogP contribution is 2.29. The molecule has 1 aliphatic rings. The average Bonchev–Trinajstić information content (AvgIpc) is 3.06. The zero-order chi connectivity index (χ0) is 20.5. The first kappa shape index (κ1) is 19.9. The van der Waals surface area contributed by atoms with Gasteiger partial charge in [-0.25, -0.2) is 9.18 Å². The maximum atomic E-state index is 15.2. The van der Waals surface area contributed by atoms with E-state index >= 15 is 4.39 Å². The number of hydrogen-bond donors (Lipinski definition) is 2. The molecule has 1 aliphatic heterocycles. The number of carbonyl (C=O) groups is 2. The third kappa shape index (κ3) is 4.18. The van der Waals surface area contributed by atoms with Crippen molar-refractivity contribution in [3.63, 3.8) is 0 Å². The fourth-order valence-electron chi connectivity index (χ4n) is 3.21. The van der Waals surface area contributed by atoms with Gasteiger partial charge in [-0.3, -0.25) is 4.79 Å². The van der Waals surface area contributed by atoms with Gasteiger partial charge >= 0.3 is 6.09 Å². The topological polar surface area (TPSA) is 74.4 Å². The van der Waals surface area contributed by atoms with Crippen molar-refractivity contribution in [2.24, 2.45) is 0 Å². The Bertz CT molecular complexity index is 940. The summed E-state index contributed by atoms with van der Waals surface area (Å²) < 4.78 is 20.6. The minimum atomic E-state index is -0.581. The van der Waals surface area contributed by atoms with Crippen LogP contribution < -0.4 is 5.32 Å². The van der Waals surface area contributed by atoms with E-state index in [9.17, 15) is 9.59 Å². The standard InChI is InChI=1S/C21H26FN3O3/c1-5-23-19(26)16-11-13-8-9-15(17(22)18(13)24-16)14-7-6-10-25(12-14)20(27)28-21(2,3)4/h7-9,11,24H,5-6,10,12H2,1-4H3,(H,23,26). The van der Waals surface area contributed by atoms with E-state index in [2.05, 4.69) is 10.3 Å². The molecule has 0 spiro atoms. The van der Waals surface area contributed by atoms with Crippen molar-refractivity contribution in [2.75, 3.05) is 19.6 Å². The van der Waals surface area contributed by atoms with Gasteiger partial charge < -0.3 is 19.9 Å². The van der Waals surface area contributed by atoms with Crippen molar-refractivity contribution >= 4 is 28.5 Å². The molecule has 3 rings (SSSR count). The molecular weight excluding hydrogens is 361 g/mol. The molecular formula is C21H26FN3O3. The van der Waals surface area contributed by atoms with Gasteiger partial charge in [0.1, 0.15) is 11.3 Å². The summed E-state index contributed by atoms with van der Waals surface area (Å²) in [4.78, 5) is 28.8. The number of halogens is 1. The molecule has 7 heteroatoms. The van der Waals surface area contributed by atoms with Crippen molar-refractivity contribution in [2.45, 2.75) is 39.7 Å². The van der Waals surface area contributed by atoms with E-state index < -0.39 is 17.5 Å². The second-order valence-electron chi connectivity index (χ2n) is 7.85. The molecule has 0 atom stereocenters. The molecule has 150 valence electrons. The van der Waals surface area contributed by atoms with Gasteiger partial charge in [0.15, 0.2) is 5.82 Å². The summed E-state index contributed by atoms with van der Waals surface area (Å²) in [7, 11) is 0. The molecule has 2 aromatic rings. The first-order valence-corrected chi connectivity index (χ1v) is 9.46. The number of H-pyrrole nitrogens is 1. The second kappa shape index (κ2) is 7.66. The van der Waals surface area contributed by atoms with Gasteiger partial charge in [0.2, 0.25) is 0 Å². The molecule has 28 heavy (non-hydrogen) atoms. The summed E-state index contributed by atoms with van der Waals surface area (Å²) in [5.41, 5.74) is 1.17. The van der Waals surface area contributed by atoms with E-state index in [0.29, 0.717) is 36.2 Å². The number of nitrogens with zero attached hydrogens (tertiary/aromatic N) is 1. The van der Waals surface area contributed by atoms with E-state index in [0.717, 1.165) is 5.57 Å². The zero-order valence-electron chi connectivity index (χ0n) is 16.7. The van der Waals surface area contributed by atoms with Gasteiger partial charge in [0, 0.05) is 30.6 Å². The summed E-state index contributed by atoms with van der Waals surface area (Å²) in [6, 6.07) is 5.10. The number of hydrogen-bond acceptors (Lipinski definition) is 3. The number of aromatic amines is 1. The number of nitrogens with one attached hydrogen (secondary N) is 2. The normalized spacial score (nSPS) is 14.8. The molecule has 2 N–H and O–H groups in total. The Morgan fingerprint density at radius 1 is 1.32 bits per heavy atom. The van der Waals surface area contributed by atoms with Crippen LogP contribution in [0.25, 0.3) is 16.5 Å². The molecule has 0 bridgehead atoms. The number of fused-ring (bicyclic) bond motifs is 1. The quantitative estimate of drug-likeness (QED) is 0.833. The fraction of sp³-hybridized carbons (Fsp3) is 0.429. The van der Waals surface area contributed by atoms with Gasteiger partial charge in [-0.1, -0.05) is 18.2 Å². The maximum absolute atomic E-state index is 15.2. The Balaban J connectivity index is 1.87. The first-order chi connectivity index (χ1) is 13.2. The Morgan fingerprint density at radius 3 is 2.75 bits per heavy atom. The molecule has 0 unspecified atom stereocenters. The van der Waals surface area contributed by atoms with Crippen molar-refractivity contribution in [3.05, 3.63) is 41.3 Å². The number of amides is 2. The maximum Gasteiger partial charge on any atom is 0.410 e. The number of carbonyl (C=O) groups excluding carboxylic acids is 2. The van der Waals surface area contributed by atoms with Gasteiger partial charge in [-0.15, -0.1) is 0 Å². The second-order valence-corrected chi connectivity index (χ2v) is 7.85. The van der Waals surface area contributed by atoms with Crippen LogP contribution in [0.15, 0.2) is 24.3 Å². The van der Waals surface area contributed by atoms with Crippen molar-refractivity contribution in [1.29, 1.82) is 0 Å². The Morgan fingerprint density at radius 2 is 2.07 bits per heavy atom. The predicted octanol–water partition coefficient (Wildman–Crippen LogP) is 4.08. The van der Waals surface area contributed by atoms with Crippen LogP contribution in [0.3, 0.4) is 0 Å². The molecule has 1 aromatic heterocycles. The van der Waals surface area contributed by atoms with Crippen LogP contribution >= 0.6 is 0 Å². The van der Waals surface area contributed by atoms with Crippen LogP contribution in [-0.2, 0) is 4.74 Å². The molecule has 0 saturated heterocycles. The number of ether oxygens (including phenoxy) is 1. The monoisotopic (exact) mass is 387 g/mol. The molecule has 0 fully saturated rings. The molecule has 2 heterocycles. The fourth-order valence-corrected chi connectivity index (χ4v) is 3.21. The summed E-state index contributed by atoms with van der Waals surface area (Å²) in [5.74, 6) is -0.696. The lowest BCUT2D eigenvalue weighted by Crippen LogP contribution is -2.39. The molecule has 1 aromatic carbocycles. The minimum absolute atomic E-state index is 0.271. The van der Waals surface area contributed by atoms with Crippen LogP contribution in [0.1, 0.15) is 50.2 Å². The van der Waals surface area contributed by atoms with Crippen molar-refractivity contribution < 1.29 is 18.7 Å². The van der Waals surface area contributed by atoms with Gasteiger partial charge in [-0.05, 0) is 45.8 Å². The van der Waals surface area contributed by atoms with Gasteiger partial charge in [-0.2, -0.15) is 0 Å². The molecule has 0 radical (unpaired) electrons. The van der Waals surface area contributed by atoms with E-state index in [-0.39, 0.29) is 18.0 Å². The van der Waals surface area contributed by atoms with Crippen LogP contribution in [0, 0.1) is 5.82 Å². The Kier molecular flexibility index (Phi) is 5.45. The van der Waals surface area contributed by atoms with Gasteiger partial charge in [0.25, 0.3) is 5.91 Å². The Hall–Kier alpha value is -2.83. The highest BCUT2D eigenvalue weighted by atomic mass is 19.1. The predicted molar refractivity (Wildman–Crippen MR) is 107 cm³/mol. The lowest BCUT2D eigenvalue weighted by atomic mass is 9.99. The number of aromatic nitrogens is 1. The van der Waals surface area contributed by atoms with E-state index in [4.69, 9.17) is 4.74 Å². The van der Waals surface area contributed by atoms with Crippen LogP contribution in [-0.4, -0.2) is 47.1 Å². The molecule has 6 nitrogen and oxygen atoms in total. The summed E-state index contributed by atoms with van der Waals surface area (Å²) in [5, 5.41) is 3.32. The van der Waals surface area contributed by atoms with Crippen LogP contribution in [0.2, 0.25) is 0 Å². The number of benzene rings is 1. The minimum Gasteiger partial charge on any atom is -0.444 e. The van der Waals surface area contributed by atoms with E-state index in [1.807, 2.05) is 33.8 Å². The highest BCUT2D eigenvalue weighted by Gasteiger charge is 2.26. The average molecular weight is 387 g/mol. The zero-order valence-corrected chi connectivity index (χ0v) is 16.7. The van der Waals surface area contributed by atoms with Gasteiger partial charge in [0.05, 0.1) is 5.52 Å². The van der Waals surface area contributed by atoms with Crippen LogP contribution in [0.5, 0.6) is 0 Å².